The molecule has 0 amide bonds. The molecule has 3 heteroatoms. The summed E-state index contributed by atoms with van der Waals surface area (Å²) in [5.41, 5.74) is 8.18. The molecule has 0 atom stereocenters. The summed E-state index contributed by atoms with van der Waals surface area (Å²) in [6.07, 6.45) is 0. The van der Waals surface area contributed by atoms with E-state index in [2.05, 4.69) is 16.8 Å². The molecule has 3 nitrogen and oxygen atoms in total. The van der Waals surface area contributed by atoms with Gasteiger partial charge >= 0.3 is 0 Å². The molecule has 19 heavy (non-hydrogen) atoms. The molecule has 0 radical (unpaired) electrons. The molecule has 0 bridgehead atoms. The molecule has 2 aromatic rings. The van der Waals surface area contributed by atoms with Crippen LogP contribution < -0.4 is 10.5 Å². The van der Waals surface area contributed by atoms with Gasteiger partial charge in [-0.2, -0.15) is 0 Å². The second-order valence-electron chi connectivity index (χ2n) is 4.09. The van der Waals surface area contributed by atoms with Crippen LogP contribution in [0.25, 0.3) is 0 Å². The van der Waals surface area contributed by atoms with Crippen LogP contribution in [-0.4, -0.2) is 11.5 Å². The van der Waals surface area contributed by atoms with Gasteiger partial charge in [-0.05, 0) is 43.3 Å². The van der Waals surface area contributed by atoms with Crippen LogP contribution in [0.15, 0.2) is 42.5 Å². The van der Waals surface area contributed by atoms with Gasteiger partial charge in [0.1, 0.15) is 12.4 Å². The monoisotopic (exact) mass is 252 g/mol. The van der Waals surface area contributed by atoms with Crippen LogP contribution in [0.2, 0.25) is 0 Å². The number of aryl methyl sites for hydroxylation is 1. The number of nitrogens with zero attached hydrogens (tertiary/aromatic N) is 1. The van der Waals surface area contributed by atoms with Crippen LogP contribution in [0.4, 0.5) is 0 Å². The minimum atomic E-state index is 0.372. The lowest BCUT2D eigenvalue weighted by molar-refractivity contribution is 0.301. The number of aromatic nitrogens is 1. The quantitative estimate of drug-likeness (QED) is 0.852. The van der Waals surface area contributed by atoms with E-state index in [1.165, 1.54) is 0 Å². The molecule has 0 aliphatic carbocycles. The van der Waals surface area contributed by atoms with Gasteiger partial charge in [-0.15, -0.1) is 0 Å². The number of pyridine rings is 1. The van der Waals surface area contributed by atoms with Gasteiger partial charge in [-0.25, -0.2) is 0 Å². The highest BCUT2D eigenvalue weighted by molar-refractivity contribution is 5.38. The lowest BCUT2D eigenvalue weighted by atomic mass is 10.2. The number of hydrogen-bond donors (Lipinski definition) is 1. The van der Waals surface area contributed by atoms with E-state index in [1.54, 1.807) is 0 Å². The zero-order valence-electron chi connectivity index (χ0n) is 10.9. The molecule has 0 aliphatic rings. The summed E-state index contributed by atoms with van der Waals surface area (Å²) in [5.74, 6) is 6.59. The van der Waals surface area contributed by atoms with Gasteiger partial charge < -0.3 is 10.5 Å². The molecule has 1 aromatic carbocycles. The smallest absolute Gasteiger partial charge is 0.130 e. The van der Waals surface area contributed by atoms with Crippen molar-refractivity contribution >= 4 is 0 Å². The Morgan fingerprint density at radius 2 is 1.95 bits per heavy atom. The SMILES string of the molecule is Cc1cccc(COc2ccc(C#CCN)cc2)n1. The lowest BCUT2D eigenvalue weighted by Crippen LogP contribution is -1.99. The van der Waals surface area contributed by atoms with Crippen LogP contribution in [0.3, 0.4) is 0 Å². The second-order valence-corrected chi connectivity index (χ2v) is 4.09. The topological polar surface area (TPSA) is 48.1 Å². The van der Waals surface area contributed by atoms with Gasteiger partial charge in [0.2, 0.25) is 0 Å². The number of benzene rings is 1. The molecule has 96 valence electrons. The fourth-order valence-electron chi connectivity index (χ4n) is 1.62. The van der Waals surface area contributed by atoms with E-state index in [0.29, 0.717) is 13.2 Å². The molecule has 1 aromatic heterocycles. The van der Waals surface area contributed by atoms with Crippen molar-refractivity contribution in [1.29, 1.82) is 0 Å². The van der Waals surface area contributed by atoms with Gasteiger partial charge in [-0.1, -0.05) is 17.9 Å². The molecule has 1 heterocycles. The molecule has 0 aliphatic heterocycles. The van der Waals surface area contributed by atoms with Crippen LogP contribution in [-0.2, 0) is 6.61 Å². The Kier molecular flexibility index (Phi) is 4.54. The largest absolute Gasteiger partial charge is 0.487 e. The van der Waals surface area contributed by atoms with Crippen LogP contribution in [0.1, 0.15) is 17.0 Å². The van der Waals surface area contributed by atoms with Crippen molar-refractivity contribution in [3.8, 4) is 17.6 Å². The summed E-state index contributed by atoms with van der Waals surface area (Å²) in [7, 11) is 0. The molecular formula is C16H16N2O. The van der Waals surface area contributed by atoms with Crippen molar-refractivity contribution in [2.45, 2.75) is 13.5 Å². The summed E-state index contributed by atoms with van der Waals surface area (Å²) < 4.78 is 5.67. The molecule has 0 spiro atoms. The summed E-state index contributed by atoms with van der Waals surface area (Å²) in [6.45, 7) is 2.81. The molecule has 0 unspecified atom stereocenters. The number of hydrogen-bond acceptors (Lipinski definition) is 3. The van der Waals surface area contributed by atoms with Gasteiger partial charge in [0.05, 0.1) is 12.2 Å². The third-order valence-electron chi connectivity index (χ3n) is 2.52. The first-order valence-corrected chi connectivity index (χ1v) is 6.12. The zero-order chi connectivity index (χ0) is 13.5. The number of rotatable bonds is 3. The summed E-state index contributed by atoms with van der Waals surface area (Å²) in [5, 5.41) is 0. The van der Waals surface area contributed by atoms with Gasteiger partial charge in [-0.3, -0.25) is 4.98 Å². The third kappa shape index (κ3) is 4.13. The Labute approximate surface area is 113 Å². The van der Waals surface area contributed by atoms with Gasteiger partial charge in [0.15, 0.2) is 0 Å². The van der Waals surface area contributed by atoms with E-state index in [0.717, 1.165) is 22.7 Å². The van der Waals surface area contributed by atoms with E-state index >= 15 is 0 Å². The first-order valence-electron chi connectivity index (χ1n) is 6.12. The Balaban J connectivity index is 1.96. The number of ether oxygens (including phenoxy) is 1. The van der Waals surface area contributed by atoms with Crippen molar-refractivity contribution in [1.82, 2.24) is 4.98 Å². The van der Waals surface area contributed by atoms with Crippen molar-refractivity contribution in [2.75, 3.05) is 6.54 Å². The zero-order valence-corrected chi connectivity index (χ0v) is 10.9. The van der Waals surface area contributed by atoms with Gasteiger partial charge in [0, 0.05) is 11.3 Å². The third-order valence-corrected chi connectivity index (χ3v) is 2.52. The summed E-state index contributed by atoms with van der Waals surface area (Å²) >= 11 is 0. The highest BCUT2D eigenvalue weighted by Gasteiger charge is 1.97. The molecule has 0 fully saturated rings. The van der Waals surface area contributed by atoms with Crippen molar-refractivity contribution in [3.05, 3.63) is 59.4 Å². The average molecular weight is 252 g/mol. The van der Waals surface area contributed by atoms with Crippen molar-refractivity contribution in [3.63, 3.8) is 0 Å². The Morgan fingerprint density at radius 3 is 2.63 bits per heavy atom. The van der Waals surface area contributed by atoms with E-state index in [1.807, 2.05) is 49.4 Å². The first-order chi connectivity index (χ1) is 9.28. The van der Waals surface area contributed by atoms with Crippen LogP contribution in [0.5, 0.6) is 5.75 Å². The highest BCUT2D eigenvalue weighted by atomic mass is 16.5. The maximum atomic E-state index is 5.67. The van der Waals surface area contributed by atoms with Crippen LogP contribution in [0, 0.1) is 18.8 Å². The predicted octanol–water partition coefficient (Wildman–Crippen LogP) is 2.28. The van der Waals surface area contributed by atoms with E-state index in [4.69, 9.17) is 10.5 Å². The molecule has 0 saturated carbocycles. The van der Waals surface area contributed by atoms with Gasteiger partial charge in [0.25, 0.3) is 0 Å². The van der Waals surface area contributed by atoms with E-state index < -0.39 is 0 Å². The fraction of sp³-hybridized carbons (Fsp3) is 0.188. The minimum absolute atomic E-state index is 0.372. The molecular weight excluding hydrogens is 236 g/mol. The first kappa shape index (κ1) is 13.1. The summed E-state index contributed by atoms with van der Waals surface area (Å²) in [4.78, 5) is 4.39. The fourth-order valence-corrected chi connectivity index (χ4v) is 1.62. The maximum absolute atomic E-state index is 5.67. The molecule has 2 rings (SSSR count). The average Bonchev–Trinajstić information content (AvgIpc) is 2.44. The summed E-state index contributed by atoms with van der Waals surface area (Å²) in [6, 6.07) is 13.5. The highest BCUT2D eigenvalue weighted by Crippen LogP contribution is 2.13. The van der Waals surface area contributed by atoms with E-state index in [9.17, 15) is 0 Å². The Hall–Kier alpha value is -2.31. The molecule has 2 N–H and O–H groups in total. The standard InChI is InChI=1S/C16H16N2O/c1-13-4-2-6-15(18-13)12-19-16-9-7-14(8-10-16)5-3-11-17/h2,4,6-10H,11-12,17H2,1H3. The van der Waals surface area contributed by atoms with Crippen molar-refractivity contribution < 1.29 is 4.74 Å². The maximum Gasteiger partial charge on any atom is 0.130 e. The Morgan fingerprint density at radius 1 is 1.16 bits per heavy atom. The minimum Gasteiger partial charge on any atom is -0.487 e. The predicted molar refractivity (Wildman–Crippen MR) is 75.7 cm³/mol. The lowest BCUT2D eigenvalue weighted by Gasteiger charge is -2.06. The van der Waals surface area contributed by atoms with Crippen LogP contribution >= 0.6 is 0 Å². The normalized spacial score (nSPS) is 9.58. The van der Waals surface area contributed by atoms with E-state index in [-0.39, 0.29) is 0 Å². The molecule has 0 saturated heterocycles. The second kappa shape index (κ2) is 6.58. The Bertz CT molecular complexity index is 594. The number of nitrogens with two attached hydrogens (primary N) is 1. The van der Waals surface area contributed by atoms with Crippen molar-refractivity contribution in [2.24, 2.45) is 5.73 Å².